The summed E-state index contributed by atoms with van der Waals surface area (Å²) in [4.78, 5) is 17.1. The highest BCUT2D eigenvalue weighted by Gasteiger charge is 2.29. The van der Waals surface area contributed by atoms with E-state index >= 15 is 0 Å². The third-order valence-electron chi connectivity index (χ3n) is 5.24. The maximum absolute atomic E-state index is 12.2. The van der Waals surface area contributed by atoms with Crippen LogP contribution >= 0.6 is 0 Å². The lowest BCUT2D eigenvalue weighted by Gasteiger charge is -2.39. The van der Waals surface area contributed by atoms with Crippen molar-refractivity contribution < 1.29 is 4.79 Å². The molecule has 0 bridgehead atoms. The zero-order valence-electron chi connectivity index (χ0n) is 15.0. The van der Waals surface area contributed by atoms with Gasteiger partial charge >= 0.3 is 0 Å². The van der Waals surface area contributed by atoms with Crippen LogP contribution in [-0.2, 0) is 4.79 Å². The molecule has 2 atom stereocenters. The second-order valence-corrected chi connectivity index (χ2v) is 7.10. The van der Waals surface area contributed by atoms with E-state index in [1.54, 1.807) is 0 Å². The third kappa shape index (κ3) is 4.06. The summed E-state index contributed by atoms with van der Waals surface area (Å²) < 4.78 is 0. The number of amides is 1. The Labute approximate surface area is 155 Å². The van der Waals surface area contributed by atoms with Gasteiger partial charge in [0.25, 0.3) is 0 Å². The SMILES string of the molecule is O=C1CC(CN2CCN(c3ccccc3)CC2)NC(c2ccccc2)N1. The second-order valence-electron chi connectivity index (χ2n) is 7.10. The number of hydrogen-bond donors (Lipinski definition) is 2. The van der Waals surface area contributed by atoms with Gasteiger partial charge in [-0.15, -0.1) is 0 Å². The van der Waals surface area contributed by atoms with Gasteiger partial charge in [0, 0.05) is 50.9 Å². The molecular weight excluding hydrogens is 324 g/mol. The summed E-state index contributed by atoms with van der Waals surface area (Å²) in [6, 6.07) is 20.9. The number of benzene rings is 2. The van der Waals surface area contributed by atoms with Crippen molar-refractivity contribution in [3.8, 4) is 0 Å². The van der Waals surface area contributed by atoms with Crippen LogP contribution in [0, 0.1) is 0 Å². The number of nitrogens with one attached hydrogen (secondary N) is 2. The van der Waals surface area contributed by atoms with E-state index in [0.29, 0.717) is 6.42 Å². The van der Waals surface area contributed by atoms with Gasteiger partial charge in [0.1, 0.15) is 6.17 Å². The monoisotopic (exact) mass is 350 g/mol. The van der Waals surface area contributed by atoms with Crippen molar-refractivity contribution in [2.45, 2.75) is 18.6 Å². The van der Waals surface area contributed by atoms with Crippen molar-refractivity contribution in [1.82, 2.24) is 15.5 Å². The zero-order chi connectivity index (χ0) is 17.8. The molecule has 26 heavy (non-hydrogen) atoms. The van der Waals surface area contributed by atoms with Crippen LogP contribution in [0.4, 0.5) is 5.69 Å². The average Bonchev–Trinajstić information content (AvgIpc) is 2.69. The standard InChI is InChI=1S/C21H26N4O/c26-20-15-18(22-21(23-20)17-7-3-1-4-8-17)16-24-11-13-25(14-12-24)19-9-5-2-6-10-19/h1-10,18,21-22H,11-16H2,(H,23,26). The van der Waals surface area contributed by atoms with Crippen LogP contribution in [0.25, 0.3) is 0 Å². The fourth-order valence-electron chi connectivity index (χ4n) is 3.86. The highest BCUT2D eigenvalue weighted by molar-refractivity contribution is 5.78. The summed E-state index contributed by atoms with van der Waals surface area (Å²) in [5, 5.41) is 6.65. The fourth-order valence-corrected chi connectivity index (χ4v) is 3.86. The molecule has 2 unspecified atom stereocenters. The number of hydrogen-bond acceptors (Lipinski definition) is 4. The molecule has 5 heteroatoms. The summed E-state index contributed by atoms with van der Waals surface area (Å²) >= 11 is 0. The zero-order valence-corrected chi connectivity index (χ0v) is 15.0. The average molecular weight is 350 g/mol. The Morgan fingerprint density at radius 2 is 1.54 bits per heavy atom. The predicted molar refractivity (Wildman–Crippen MR) is 104 cm³/mol. The first-order valence-electron chi connectivity index (χ1n) is 9.40. The lowest BCUT2D eigenvalue weighted by molar-refractivity contribution is -0.124. The summed E-state index contributed by atoms with van der Waals surface area (Å²) in [6.45, 7) is 5.05. The van der Waals surface area contributed by atoms with Gasteiger partial charge in [-0.05, 0) is 17.7 Å². The molecule has 2 aromatic rings. The summed E-state index contributed by atoms with van der Waals surface area (Å²) in [6.07, 6.45) is 0.454. The van der Waals surface area contributed by atoms with Crippen LogP contribution in [-0.4, -0.2) is 49.6 Å². The van der Waals surface area contributed by atoms with Gasteiger partial charge in [0.15, 0.2) is 0 Å². The Morgan fingerprint density at radius 1 is 0.885 bits per heavy atom. The van der Waals surface area contributed by atoms with Crippen LogP contribution < -0.4 is 15.5 Å². The Balaban J connectivity index is 1.32. The number of carbonyl (C=O) groups excluding carboxylic acids is 1. The van der Waals surface area contributed by atoms with Gasteiger partial charge in [-0.2, -0.15) is 0 Å². The third-order valence-corrected chi connectivity index (χ3v) is 5.24. The minimum Gasteiger partial charge on any atom is -0.369 e. The first-order chi connectivity index (χ1) is 12.8. The van der Waals surface area contributed by atoms with E-state index in [-0.39, 0.29) is 18.1 Å². The Morgan fingerprint density at radius 3 is 2.23 bits per heavy atom. The van der Waals surface area contributed by atoms with Crippen LogP contribution in [0.5, 0.6) is 0 Å². The van der Waals surface area contributed by atoms with E-state index in [2.05, 4.69) is 62.9 Å². The molecule has 2 aliphatic rings. The topological polar surface area (TPSA) is 47.6 Å². The maximum atomic E-state index is 12.2. The molecule has 0 aliphatic carbocycles. The fraction of sp³-hybridized carbons (Fsp3) is 0.381. The van der Waals surface area contributed by atoms with E-state index in [0.717, 1.165) is 38.3 Å². The summed E-state index contributed by atoms with van der Waals surface area (Å²) in [7, 11) is 0. The van der Waals surface area contributed by atoms with Crippen molar-refractivity contribution in [2.75, 3.05) is 37.6 Å². The molecule has 2 heterocycles. The van der Waals surface area contributed by atoms with Crippen LogP contribution in [0.3, 0.4) is 0 Å². The number of nitrogens with zero attached hydrogens (tertiary/aromatic N) is 2. The Hall–Kier alpha value is -2.37. The van der Waals surface area contributed by atoms with Crippen molar-refractivity contribution in [3.05, 3.63) is 66.2 Å². The molecule has 0 saturated carbocycles. The molecule has 2 N–H and O–H groups in total. The molecule has 4 rings (SSSR count). The second kappa shape index (κ2) is 7.89. The minimum absolute atomic E-state index is 0.0898. The van der Waals surface area contributed by atoms with Gasteiger partial charge in [0.2, 0.25) is 5.91 Å². The highest BCUT2D eigenvalue weighted by atomic mass is 16.2. The van der Waals surface area contributed by atoms with Crippen molar-refractivity contribution in [3.63, 3.8) is 0 Å². The molecule has 2 saturated heterocycles. The van der Waals surface area contributed by atoms with Crippen molar-refractivity contribution in [2.24, 2.45) is 0 Å². The maximum Gasteiger partial charge on any atom is 0.223 e. The molecule has 136 valence electrons. The lowest BCUT2D eigenvalue weighted by Crippen LogP contribution is -2.56. The molecule has 0 aromatic heterocycles. The van der Waals surface area contributed by atoms with E-state index in [4.69, 9.17) is 0 Å². The number of para-hydroxylation sites is 1. The quantitative estimate of drug-likeness (QED) is 0.885. The Kier molecular flexibility index (Phi) is 5.18. The number of carbonyl (C=O) groups is 1. The van der Waals surface area contributed by atoms with Gasteiger partial charge in [-0.25, -0.2) is 0 Å². The summed E-state index contributed by atoms with van der Waals surface area (Å²) in [5.41, 5.74) is 2.41. The normalized spacial score (nSPS) is 24.3. The number of rotatable bonds is 4. The van der Waals surface area contributed by atoms with E-state index in [1.165, 1.54) is 5.69 Å². The van der Waals surface area contributed by atoms with E-state index < -0.39 is 0 Å². The summed E-state index contributed by atoms with van der Waals surface area (Å²) in [5.74, 6) is 0.130. The molecule has 2 aliphatic heterocycles. The molecular formula is C21H26N4O. The minimum atomic E-state index is -0.0898. The van der Waals surface area contributed by atoms with Gasteiger partial charge in [0.05, 0.1) is 0 Å². The van der Waals surface area contributed by atoms with Crippen LogP contribution in [0.2, 0.25) is 0 Å². The first-order valence-corrected chi connectivity index (χ1v) is 9.40. The molecule has 2 fully saturated rings. The molecule has 1 amide bonds. The first kappa shape index (κ1) is 17.1. The number of anilines is 1. The van der Waals surface area contributed by atoms with Crippen molar-refractivity contribution in [1.29, 1.82) is 0 Å². The molecule has 0 spiro atoms. The number of piperazine rings is 1. The van der Waals surface area contributed by atoms with Gasteiger partial charge in [-0.3, -0.25) is 15.0 Å². The Bertz CT molecular complexity index is 713. The molecule has 0 radical (unpaired) electrons. The molecule has 5 nitrogen and oxygen atoms in total. The van der Waals surface area contributed by atoms with E-state index in [1.807, 2.05) is 18.2 Å². The highest BCUT2D eigenvalue weighted by Crippen LogP contribution is 2.18. The van der Waals surface area contributed by atoms with Crippen LogP contribution in [0.1, 0.15) is 18.2 Å². The van der Waals surface area contributed by atoms with Gasteiger partial charge < -0.3 is 10.2 Å². The molecule has 2 aromatic carbocycles. The van der Waals surface area contributed by atoms with E-state index in [9.17, 15) is 4.79 Å². The predicted octanol–water partition coefficient (Wildman–Crippen LogP) is 1.99. The lowest BCUT2D eigenvalue weighted by atomic mass is 10.1. The largest absolute Gasteiger partial charge is 0.369 e. The van der Waals surface area contributed by atoms with Crippen LogP contribution in [0.15, 0.2) is 60.7 Å². The van der Waals surface area contributed by atoms with Crippen molar-refractivity contribution >= 4 is 11.6 Å². The van der Waals surface area contributed by atoms with Gasteiger partial charge in [-0.1, -0.05) is 48.5 Å². The smallest absolute Gasteiger partial charge is 0.223 e.